The third-order valence-electron chi connectivity index (χ3n) is 3.32. The Hall–Kier alpha value is 0.190. The molecular weight excluding hydrogens is 373 g/mol. The Labute approximate surface area is 132 Å². The van der Waals surface area contributed by atoms with Crippen LogP contribution < -0.4 is 0 Å². The zero-order valence-corrected chi connectivity index (χ0v) is 14.1. The fourth-order valence-corrected chi connectivity index (χ4v) is 4.54. The van der Waals surface area contributed by atoms with E-state index in [2.05, 4.69) is 15.9 Å². The van der Waals surface area contributed by atoms with Crippen molar-refractivity contribution in [3.63, 3.8) is 0 Å². The molecule has 0 amide bonds. The minimum Gasteiger partial charge on any atom is -0.207 e. The molecule has 0 unspecified atom stereocenters. The van der Waals surface area contributed by atoms with E-state index in [9.17, 15) is 8.42 Å². The minimum absolute atomic E-state index is 0.271. The van der Waals surface area contributed by atoms with Crippen LogP contribution in [0.15, 0.2) is 27.6 Å². The van der Waals surface area contributed by atoms with E-state index in [1.807, 2.05) is 0 Å². The van der Waals surface area contributed by atoms with Crippen LogP contribution in [0.5, 0.6) is 0 Å². The highest BCUT2D eigenvalue weighted by Crippen LogP contribution is 2.29. The highest BCUT2D eigenvalue weighted by Gasteiger charge is 2.29. The summed E-state index contributed by atoms with van der Waals surface area (Å²) in [5, 5.41) is 0.500. The van der Waals surface area contributed by atoms with Gasteiger partial charge in [-0.3, -0.25) is 0 Å². The summed E-state index contributed by atoms with van der Waals surface area (Å²) in [6, 6.07) is 4.67. The average molecular weight is 387 g/mol. The molecule has 3 nitrogen and oxygen atoms in total. The molecule has 0 atom stereocenters. The number of benzene rings is 1. The van der Waals surface area contributed by atoms with Gasteiger partial charge in [-0.05, 0) is 52.9 Å². The second kappa shape index (κ2) is 6.31. The quantitative estimate of drug-likeness (QED) is 0.742. The van der Waals surface area contributed by atoms with Crippen molar-refractivity contribution in [2.24, 2.45) is 5.92 Å². The molecule has 0 radical (unpaired) electrons. The highest BCUT2D eigenvalue weighted by atomic mass is 79.9. The van der Waals surface area contributed by atoms with Crippen molar-refractivity contribution in [3.8, 4) is 0 Å². The van der Waals surface area contributed by atoms with Gasteiger partial charge in [0.05, 0.1) is 9.92 Å². The summed E-state index contributed by atoms with van der Waals surface area (Å²) in [6.45, 7) is 1.06. The van der Waals surface area contributed by atoms with E-state index in [0.29, 0.717) is 34.4 Å². The zero-order valence-electron chi connectivity index (χ0n) is 10.2. The fraction of sp³-hybridized carbons (Fsp3) is 0.500. The van der Waals surface area contributed by atoms with E-state index in [1.54, 1.807) is 12.1 Å². The SMILES string of the molecule is O=S(=O)(c1ccc(Cl)c(Br)c1)N1CCC(CCl)CC1. The minimum atomic E-state index is -3.43. The van der Waals surface area contributed by atoms with Crippen LogP contribution in [0, 0.1) is 5.92 Å². The first kappa shape index (κ1) is 15.6. The van der Waals surface area contributed by atoms with Crippen LogP contribution in [-0.2, 0) is 10.0 Å². The van der Waals surface area contributed by atoms with Gasteiger partial charge in [-0.15, -0.1) is 11.6 Å². The number of rotatable bonds is 3. The number of hydrogen-bond donors (Lipinski definition) is 0. The zero-order chi connectivity index (χ0) is 14.0. The van der Waals surface area contributed by atoms with Gasteiger partial charge in [-0.2, -0.15) is 4.31 Å². The van der Waals surface area contributed by atoms with Crippen molar-refractivity contribution in [3.05, 3.63) is 27.7 Å². The molecule has 0 aromatic heterocycles. The van der Waals surface area contributed by atoms with E-state index < -0.39 is 10.0 Å². The number of sulfonamides is 1. The maximum atomic E-state index is 12.5. The molecule has 1 aromatic carbocycles. The van der Waals surface area contributed by atoms with Gasteiger partial charge in [0.2, 0.25) is 10.0 Å². The standard InChI is InChI=1S/C12H14BrCl2NO2S/c13-11-7-10(1-2-12(11)15)19(17,18)16-5-3-9(8-14)4-6-16/h1-2,7,9H,3-6,8H2. The Morgan fingerprint density at radius 3 is 2.47 bits per heavy atom. The molecule has 106 valence electrons. The Balaban J connectivity index is 2.21. The van der Waals surface area contributed by atoms with E-state index in [-0.39, 0.29) is 4.90 Å². The number of hydrogen-bond acceptors (Lipinski definition) is 2. The van der Waals surface area contributed by atoms with Crippen LogP contribution in [0.2, 0.25) is 5.02 Å². The van der Waals surface area contributed by atoms with E-state index in [0.717, 1.165) is 12.8 Å². The molecule has 7 heteroatoms. The van der Waals surface area contributed by atoms with Crippen LogP contribution in [0.25, 0.3) is 0 Å². The number of alkyl halides is 1. The van der Waals surface area contributed by atoms with Gasteiger partial charge in [-0.25, -0.2) is 8.42 Å². The molecule has 0 N–H and O–H groups in total. The third-order valence-corrected chi connectivity index (χ3v) is 6.87. The van der Waals surface area contributed by atoms with Crippen molar-refractivity contribution in [1.29, 1.82) is 0 Å². The van der Waals surface area contributed by atoms with Crippen LogP contribution in [0.4, 0.5) is 0 Å². The van der Waals surface area contributed by atoms with Crippen molar-refractivity contribution in [1.82, 2.24) is 4.31 Å². The molecule has 1 aliphatic rings. The summed E-state index contributed by atoms with van der Waals surface area (Å²) < 4.78 is 27.1. The topological polar surface area (TPSA) is 37.4 Å². The Morgan fingerprint density at radius 1 is 1.32 bits per heavy atom. The average Bonchev–Trinajstić information content (AvgIpc) is 2.41. The van der Waals surface area contributed by atoms with E-state index >= 15 is 0 Å². The molecule has 1 aromatic rings. The molecule has 19 heavy (non-hydrogen) atoms. The lowest BCUT2D eigenvalue weighted by molar-refractivity contribution is 0.290. The fourth-order valence-electron chi connectivity index (χ4n) is 2.09. The van der Waals surface area contributed by atoms with Gasteiger partial charge in [0.25, 0.3) is 0 Å². The number of piperidine rings is 1. The molecule has 1 saturated heterocycles. The number of nitrogens with zero attached hydrogens (tertiary/aromatic N) is 1. The second-order valence-electron chi connectivity index (χ2n) is 4.58. The summed E-state index contributed by atoms with van der Waals surface area (Å²) in [4.78, 5) is 0.271. The molecule has 1 heterocycles. The van der Waals surface area contributed by atoms with E-state index in [1.165, 1.54) is 10.4 Å². The Morgan fingerprint density at radius 2 is 1.95 bits per heavy atom. The Bertz CT molecular complexity index is 557. The van der Waals surface area contributed by atoms with Crippen molar-refractivity contribution in [2.75, 3.05) is 19.0 Å². The first-order valence-corrected chi connectivity index (χ1v) is 9.11. The lowest BCUT2D eigenvalue weighted by atomic mass is 10.0. The van der Waals surface area contributed by atoms with Gasteiger partial charge < -0.3 is 0 Å². The van der Waals surface area contributed by atoms with E-state index in [4.69, 9.17) is 23.2 Å². The van der Waals surface area contributed by atoms with Gasteiger partial charge >= 0.3 is 0 Å². The van der Waals surface area contributed by atoms with Crippen molar-refractivity contribution < 1.29 is 8.42 Å². The summed E-state index contributed by atoms with van der Waals surface area (Å²) in [5.41, 5.74) is 0. The van der Waals surface area contributed by atoms with Gasteiger partial charge in [0.15, 0.2) is 0 Å². The van der Waals surface area contributed by atoms with Crippen LogP contribution >= 0.6 is 39.1 Å². The predicted octanol–water partition coefficient (Wildman–Crippen LogP) is 3.74. The molecule has 1 fully saturated rings. The van der Waals surface area contributed by atoms with Crippen molar-refractivity contribution in [2.45, 2.75) is 17.7 Å². The van der Waals surface area contributed by atoms with Gasteiger partial charge in [-0.1, -0.05) is 11.6 Å². The van der Waals surface area contributed by atoms with Gasteiger partial charge in [0.1, 0.15) is 0 Å². The maximum Gasteiger partial charge on any atom is 0.243 e. The normalized spacial score (nSPS) is 18.7. The van der Waals surface area contributed by atoms with Gasteiger partial charge in [0, 0.05) is 23.4 Å². The van der Waals surface area contributed by atoms with Crippen LogP contribution in [0.1, 0.15) is 12.8 Å². The highest BCUT2D eigenvalue weighted by molar-refractivity contribution is 9.10. The first-order valence-electron chi connectivity index (χ1n) is 5.96. The molecule has 2 rings (SSSR count). The lowest BCUT2D eigenvalue weighted by Gasteiger charge is -2.30. The summed E-state index contributed by atoms with van der Waals surface area (Å²) in [5.74, 6) is 1.02. The molecule has 0 spiro atoms. The number of halogens is 3. The monoisotopic (exact) mass is 385 g/mol. The summed E-state index contributed by atoms with van der Waals surface area (Å²) in [6.07, 6.45) is 1.63. The van der Waals surface area contributed by atoms with Crippen molar-refractivity contribution >= 4 is 49.2 Å². The molecule has 0 aliphatic carbocycles. The van der Waals surface area contributed by atoms with Crippen LogP contribution in [0.3, 0.4) is 0 Å². The largest absolute Gasteiger partial charge is 0.243 e. The third kappa shape index (κ3) is 3.45. The first-order chi connectivity index (χ1) is 8.95. The second-order valence-corrected chi connectivity index (χ2v) is 8.09. The molecule has 1 aliphatic heterocycles. The summed E-state index contributed by atoms with van der Waals surface area (Å²) in [7, 11) is -3.43. The van der Waals surface area contributed by atoms with Crippen LogP contribution in [-0.4, -0.2) is 31.7 Å². The summed E-state index contributed by atoms with van der Waals surface area (Å²) >= 11 is 14.9. The lowest BCUT2D eigenvalue weighted by Crippen LogP contribution is -2.38. The predicted molar refractivity (Wildman–Crippen MR) is 81.4 cm³/mol. The smallest absolute Gasteiger partial charge is 0.207 e. The Kier molecular flexibility index (Phi) is 5.17. The molecule has 0 saturated carbocycles. The molecule has 0 bridgehead atoms. The maximum absolute atomic E-state index is 12.5. The molecular formula is C12H14BrCl2NO2S.